The third kappa shape index (κ3) is 3.83. The number of nitrogens with two attached hydrogens (primary N) is 1. The summed E-state index contributed by atoms with van der Waals surface area (Å²) in [5.74, 6) is 1.41. The van der Waals surface area contributed by atoms with Crippen molar-refractivity contribution >= 4 is 11.6 Å². The zero-order valence-corrected chi connectivity index (χ0v) is 15.8. The van der Waals surface area contributed by atoms with Crippen LogP contribution in [0, 0.1) is 24.7 Å². The lowest BCUT2D eigenvalue weighted by Gasteiger charge is -2.22. The van der Waals surface area contributed by atoms with Crippen molar-refractivity contribution < 1.29 is 4.79 Å². The minimum atomic E-state index is -0.467. The molecule has 0 radical (unpaired) electrons. The molecule has 2 heterocycles. The van der Waals surface area contributed by atoms with E-state index in [0.29, 0.717) is 29.0 Å². The molecule has 4 rings (SSSR count). The Morgan fingerprint density at radius 3 is 2.63 bits per heavy atom. The van der Waals surface area contributed by atoms with Crippen molar-refractivity contribution in [3.05, 3.63) is 46.1 Å². The van der Waals surface area contributed by atoms with Crippen molar-refractivity contribution in [2.45, 2.75) is 51.6 Å². The number of anilines is 1. The van der Waals surface area contributed by atoms with Crippen molar-refractivity contribution in [1.29, 1.82) is 0 Å². The smallest absolute Gasteiger partial charge is 0.253 e. The van der Waals surface area contributed by atoms with Crippen LogP contribution in [0.3, 0.4) is 0 Å². The Labute approximate surface area is 158 Å². The molecule has 4 N–H and O–H groups in total. The first-order valence-electron chi connectivity index (χ1n) is 9.74. The third-order valence-corrected chi connectivity index (χ3v) is 5.84. The fourth-order valence-electron chi connectivity index (χ4n) is 4.02. The van der Waals surface area contributed by atoms with Crippen molar-refractivity contribution in [3.63, 3.8) is 0 Å². The predicted octanol–water partition coefficient (Wildman–Crippen LogP) is 2.19. The summed E-state index contributed by atoms with van der Waals surface area (Å²) in [6, 6.07) is 1.15. The van der Waals surface area contributed by atoms with Crippen molar-refractivity contribution in [1.82, 2.24) is 14.8 Å². The Morgan fingerprint density at radius 2 is 2.00 bits per heavy atom. The summed E-state index contributed by atoms with van der Waals surface area (Å²) in [6.45, 7) is 3.84. The fourth-order valence-corrected chi connectivity index (χ4v) is 4.02. The summed E-state index contributed by atoms with van der Waals surface area (Å²) >= 11 is 0. The number of H-pyrrole nitrogens is 1. The second-order valence-corrected chi connectivity index (χ2v) is 8.11. The van der Waals surface area contributed by atoms with Crippen LogP contribution in [0.2, 0.25) is 0 Å². The number of aromatic amines is 1. The minimum Gasteiger partial charge on any atom is -0.329 e. The zero-order valence-electron chi connectivity index (χ0n) is 15.8. The summed E-state index contributed by atoms with van der Waals surface area (Å²) in [7, 11) is 0. The second-order valence-electron chi connectivity index (χ2n) is 8.11. The second kappa shape index (κ2) is 6.96. The van der Waals surface area contributed by atoms with Crippen LogP contribution in [0.5, 0.6) is 0 Å². The molecule has 0 saturated heterocycles. The molecule has 144 valence electrons. The number of carbonyl (C=O) groups excluding carboxylic acids is 1. The Balaban J connectivity index is 1.45. The molecule has 1 unspecified atom stereocenters. The Bertz CT molecular complexity index is 882. The van der Waals surface area contributed by atoms with Gasteiger partial charge in [0.15, 0.2) is 0 Å². The first kappa shape index (κ1) is 18.0. The third-order valence-electron chi connectivity index (χ3n) is 5.84. The summed E-state index contributed by atoms with van der Waals surface area (Å²) in [4.78, 5) is 27.5. The minimum absolute atomic E-state index is 0.132. The van der Waals surface area contributed by atoms with Crippen LogP contribution in [0.25, 0.3) is 0 Å². The highest BCUT2D eigenvalue weighted by molar-refractivity contribution is 5.94. The van der Waals surface area contributed by atoms with Gasteiger partial charge >= 0.3 is 0 Å². The molecular formula is C20H27N5O2. The van der Waals surface area contributed by atoms with Crippen molar-refractivity contribution in [3.8, 4) is 0 Å². The number of hydrogen-bond donors (Lipinski definition) is 3. The van der Waals surface area contributed by atoms with E-state index in [1.807, 2.05) is 19.9 Å². The molecule has 0 aliphatic heterocycles. The van der Waals surface area contributed by atoms with Gasteiger partial charge in [-0.3, -0.25) is 14.3 Å². The maximum Gasteiger partial charge on any atom is 0.253 e. The number of amides is 1. The monoisotopic (exact) mass is 369 g/mol. The SMILES string of the molecule is Cc1c[nH]c(=O)c(C(C)n2cc(NC(=O)[C@@H](N)C(C3CC3)C3CC3)cn2)c1. The van der Waals surface area contributed by atoms with Gasteiger partial charge in [-0.15, -0.1) is 0 Å². The highest BCUT2D eigenvalue weighted by Gasteiger charge is 2.46. The molecule has 0 aromatic carbocycles. The van der Waals surface area contributed by atoms with Gasteiger partial charge in [0, 0.05) is 18.0 Å². The van der Waals surface area contributed by atoms with E-state index in [1.165, 1.54) is 25.7 Å². The first-order valence-corrected chi connectivity index (χ1v) is 9.74. The molecule has 2 atom stereocenters. The van der Waals surface area contributed by atoms with Crippen LogP contribution in [-0.4, -0.2) is 26.7 Å². The van der Waals surface area contributed by atoms with Gasteiger partial charge in [-0.05, 0) is 68.9 Å². The lowest BCUT2D eigenvalue weighted by atomic mass is 9.89. The molecule has 1 amide bonds. The van der Waals surface area contributed by atoms with Gasteiger partial charge in [0.05, 0.1) is 24.0 Å². The molecule has 7 heteroatoms. The van der Waals surface area contributed by atoms with Gasteiger partial charge in [0.25, 0.3) is 5.56 Å². The molecule has 2 aromatic rings. The van der Waals surface area contributed by atoms with Crippen LogP contribution in [0.1, 0.15) is 49.8 Å². The average Bonchev–Trinajstić information content (AvgIpc) is 3.58. The quantitative estimate of drug-likeness (QED) is 0.695. The van der Waals surface area contributed by atoms with E-state index in [-0.39, 0.29) is 17.5 Å². The maximum absolute atomic E-state index is 12.6. The normalized spacial score (nSPS) is 19.1. The molecule has 0 bridgehead atoms. The van der Waals surface area contributed by atoms with Crippen molar-refractivity contribution in [2.75, 3.05) is 5.32 Å². The Hall–Kier alpha value is -2.41. The summed E-state index contributed by atoms with van der Waals surface area (Å²) in [5, 5.41) is 7.23. The predicted molar refractivity (Wildman–Crippen MR) is 103 cm³/mol. The van der Waals surface area contributed by atoms with E-state index in [0.717, 1.165) is 5.56 Å². The average molecular weight is 369 g/mol. The van der Waals surface area contributed by atoms with Crippen LogP contribution >= 0.6 is 0 Å². The fraction of sp³-hybridized carbons (Fsp3) is 0.550. The molecule has 2 aromatic heterocycles. The van der Waals surface area contributed by atoms with Crippen LogP contribution in [-0.2, 0) is 4.79 Å². The highest BCUT2D eigenvalue weighted by Crippen LogP contribution is 2.50. The summed E-state index contributed by atoms with van der Waals surface area (Å²) < 4.78 is 1.68. The van der Waals surface area contributed by atoms with Crippen LogP contribution < -0.4 is 16.6 Å². The lowest BCUT2D eigenvalue weighted by Crippen LogP contribution is -2.43. The maximum atomic E-state index is 12.6. The molecular weight excluding hydrogens is 342 g/mol. The largest absolute Gasteiger partial charge is 0.329 e. The van der Waals surface area contributed by atoms with Gasteiger partial charge < -0.3 is 16.0 Å². The highest BCUT2D eigenvalue weighted by atomic mass is 16.2. The topological polar surface area (TPSA) is 106 Å². The molecule has 27 heavy (non-hydrogen) atoms. The number of rotatable bonds is 7. The number of aryl methyl sites for hydroxylation is 1. The van der Waals surface area contributed by atoms with Crippen LogP contribution in [0.4, 0.5) is 5.69 Å². The van der Waals surface area contributed by atoms with Gasteiger partial charge in [-0.2, -0.15) is 5.10 Å². The van der Waals surface area contributed by atoms with E-state index < -0.39 is 6.04 Å². The molecule has 2 fully saturated rings. The number of carbonyl (C=O) groups is 1. The number of nitrogens with one attached hydrogen (secondary N) is 2. The molecule has 7 nitrogen and oxygen atoms in total. The standard InChI is InChI=1S/C20H27N5O2/c1-11-7-16(19(26)22-8-11)12(2)25-10-15(9-23-25)24-20(27)18(21)17(13-3-4-13)14-5-6-14/h7-10,12-14,17-18H,3-6,21H2,1-2H3,(H,22,26)(H,24,27)/t12?,18-/m0/s1. The molecule has 2 aliphatic carbocycles. The molecule has 2 saturated carbocycles. The van der Waals surface area contributed by atoms with Gasteiger partial charge in [-0.25, -0.2) is 0 Å². The van der Waals surface area contributed by atoms with E-state index in [1.54, 1.807) is 23.3 Å². The van der Waals surface area contributed by atoms with Gasteiger partial charge in [-0.1, -0.05) is 0 Å². The van der Waals surface area contributed by atoms with E-state index >= 15 is 0 Å². The first-order chi connectivity index (χ1) is 12.9. The lowest BCUT2D eigenvalue weighted by molar-refractivity contribution is -0.118. The number of hydrogen-bond acceptors (Lipinski definition) is 4. The van der Waals surface area contributed by atoms with Crippen LogP contribution in [0.15, 0.2) is 29.5 Å². The zero-order chi connectivity index (χ0) is 19.1. The number of pyridine rings is 1. The molecule has 0 spiro atoms. The number of nitrogens with zero attached hydrogens (tertiary/aromatic N) is 2. The number of aromatic nitrogens is 3. The Kier molecular flexibility index (Phi) is 4.63. The van der Waals surface area contributed by atoms with Gasteiger partial charge in [0.2, 0.25) is 5.91 Å². The molecule has 2 aliphatic rings. The summed E-state index contributed by atoms with van der Waals surface area (Å²) in [6.07, 6.45) is 9.83. The van der Waals surface area contributed by atoms with E-state index in [4.69, 9.17) is 5.73 Å². The van der Waals surface area contributed by atoms with Gasteiger partial charge in [0.1, 0.15) is 0 Å². The van der Waals surface area contributed by atoms with E-state index in [2.05, 4.69) is 15.4 Å². The Morgan fingerprint density at radius 1 is 1.33 bits per heavy atom. The summed E-state index contributed by atoms with van der Waals surface area (Å²) in [5.41, 5.74) is 8.39. The van der Waals surface area contributed by atoms with E-state index in [9.17, 15) is 9.59 Å². The van der Waals surface area contributed by atoms with Crippen molar-refractivity contribution in [2.24, 2.45) is 23.5 Å².